The zero-order chi connectivity index (χ0) is 14.8. The van der Waals surface area contributed by atoms with Crippen molar-refractivity contribution in [2.75, 3.05) is 18.5 Å². The molecule has 2 N–H and O–H groups in total. The quantitative estimate of drug-likeness (QED) is 0.908. The standard InChI is InChI=1S/C15H15NO4S/c1-9-10(6-14(21-9)15(17)18)8-16-11-2-3-12-13(7-11)20-5-4-19-12/h2-3,6-7,16H,4-5,8H2,1H3,(H,17,18). The van der Waals surface area contributed by atoms with E-state index in [-0.39, 0.29) is 0 Å². The molecule has 0 saturated heterocycles. The zero-order valence-electron chi connectivity index (χ0n) is 11.5. The van der Waals surface area contributed by atoms with Crippen molar-refractivity contribution >= 4 is 23.0 Å². The predicted octanol–water partition coefficient (Wildman–Crippen LogP) is 3.14. The SMILES string of the molecule is Cc1sc(C(=O)O)cc1CNc1ccc2c(c1)OCCO2. The Morgan fingerprint density at radius 3 is 2.76 bits per heavy atom. The molecule has 1 aliphatic heterocycles. The molecule has 110 valence electrons. The Bertz CT molecular complexity index is 680. The van der Waals surface area contributed by atoms with Gasteiger partial charge in [0.25, 0.3) is 0 Å². The summed E-state index contributed by atoms with van der Waals surface area (Å²) in [5, 5.41) is 12.3. The number of thiophene rings is 1. The second kappa shape index (κ2) is 5.65. The van der Waals surface area contributed by atoms with Crippen LogP contribution in [-0.4, -0.2) is 24.3 Å². The van der Waals surface area contributed by atoms with Crippen molar-refractivity contribution in [2.45, 2.75) is 13.5 Å². The Kier molecular flexibility index (Phi) is 3.70. The smallest absolute Gasteiger partial charge is 0.345 e. The van der Waals surface area contributed by atoms with Crippen LogP contribution in [0.5, 0.6) is 11.5 Å². The highest BCUT2D eigenvalue weighted by Gasteiger charge is 2.13. The van der Waals surface area contributed by atoms with E-state index in [0.29, 0.717) is 24.6 Å². The number of aryl methyl sites for hydroxylation is 1. The monoisotopic (exact) mass is 305 g/mol. The summed E-state index contributed by atoms with van der Waals surface area (Å²) in [6.45, 7) is 3.64. The third-order valence-electron chi connectivity index (χ3n) is 3.26. The van der Waals surface area contributed by atoms with Gasteiger partial charge in [0, 0.05) is 23.2 Å². The van der Waals surface area contributed by atoms with Crippen LogP contribution >= 0.6 is 11.3 Å². The topological polar surface area (TPSA) is 67.8 Å². The molecular weight excluding hydrogens is 290 g/mol. The predicted molar refractivity (Wildman–Crippen MR) is 80.8 cm³/mol. The molecule has 1 aliphatic rings. The van der Waals surface area contributed by atoms with Gasteiger partial charge in [-0.05, 0) is 30.7 Å². The molecule has 0 radical (unpaired) electrons. The molecule has 0 bridgehead atoms. The van der Waals surface area contributed by atoms with E-state index in [0.717, 1.165) is 27.6 Å². The molecule has 6 heteroatoms. The molecule has 5 nitrogen and oxygen atoms in total. The summed E-state index contributed by atoms with van der Waals surface area (Å²) < 4.78 is 11.0. The van der Waals surface area contributed by atoms with Crippen LogP contribution in [-0.2, 0) is 6.54 Å². The summed E-state index contributed by atoms with van der Waals surface area (Å²) in [5.74, 6) is 0.611. The summed E-state index contributed by atoms with van der Waals surface area (Å²) in [7, 11) is 0. The first-order valence-corrected chi connectivity index (χ1v) is 7.41. The highest BCUT2D eigenvalue weighted by molar-refractivity contribution is 7.14. The van der Waals surface area contributed by atoms with E-state index in [4.69, 9.17) is 14.6 Å². The molecule has 0 spiro atoms. The van der Waals surface area contributed by atoms with E-state index in [1.54, 1.807) is 6.07 Å². The Morgan fingerprint density at radius 1 is 1.29 bits per heavy atom. The van der Waals surface area contributed by atoms with Crippen molar-refractivity contribution in [3.63, 3.8) is 0 Å². The number of benzene rings is 1. The Balaban J connectivity index is 1.71. The number of hydrogen-bond donors (Lipinski definition) is 2. The number of rotatable bonds is 4. The number of carboxylic acids is 1. The Labute approximate surface area is 126 Å². The van der Waals surface area contributed by atoms with Gasteiger partial charge in [0.2, 0.25) is 0 Å². The maximum Gasteiger partial charge on any atom is 0.345 e. The second-order valence-corrected chi connectivity index (χ2v) is 5.97. The minimum Gasteiger partial charge on any atom is -0.486 e. The lowest BCUT2D eigenvalue weighted by Gasteiger charge is -2.19. The minimum atomic E-state index is -0.881. The number of carboxylic acid groups (broad SMARTS) is 1. The molecule has 0 fully saturated rings. The van der Waals surface area contributed by atoms with E-state index < -0.39 is 5.97 Å². The van der Waals surface area contributed by atoms with Crippen LogP contribution in [0.25, 0.3) is 0 Å². The maximum absolute atomic E-state index is 11.0. The van der Waals surface area contributed by atoms with Crippen molar-refractivity contribution in [3.8, 4) is 11.5 Å². The number of nitrogens with one attached hydrogen (secondary N) is 1. The first-order valence-electron chi connectivity index (χ1n) is 6.59. The molecule has 0 atom stereocenters. The molecule has 0 saturated carbocycles. The van der Waals surface area contributed by atoms with Crippen LogP contribution in [0.3, 0.4) is 0 Å². The average Bonchev–Trinajstić information content (AvgIpc) is 2.86. The third-order valence-corrected chi connectivity index (χ3v) is 4.34. The molecule has 2 aromatic rings. The van der Waals surface area contributed by atoms with Gasteiger partial charge < -0.3 is 19.9 Å². The summed E-state index contributed by atoms with van der Waals surface area (Å²) in [6.07, 6.45) is 0. The van der Waals surface area contributed by atoms with E-state index in [1.807, 2.05) is 25.1 Å². The fraction of sp³-hybridized carbons (Fsp3) is 0.267. The molecule has 0 aliphatic carbocycles. The fourth-order valence-electron chi connectivity index (χ4n) is 2.15. The van der Waals surface area contributed by atoms with E-state index >= 15 is 0 Å². The third kappa shape index (κ3) is 2.95. The second-order valence-electron chi connectivity index (χ2n) is 4.71. The van der Waals surface area contributed by atoms with Crippen LogP contribution < -0.4 is 14.8 Å². The van der Waals surface area contributed by atoms with Crippen molar-refractivity contribution in [1.82, 2.24) is 0 Å². The number of anilines is 1. The summed E-state index contributed by atoms with van der Waals surface area (Å²) in [6, 6.07) is 7.41. The molecular formula is C15H15NO4S. The molecule has 2 heterocycles. The van der Waals surface area contributed by atoms with Crippen molar-refractivity contribution in [1.29, 1.82) is 0 Å². The number of aromatic carboxylic acids is 1. The van der Waals surface area contributed by atoms with Crippen LogP contribution in [0.15, 0.2) is 24.3 Å². The van der Waals surface area contributed by atoms with Crippen molar-refractivity contribution in [2.24, 2.45) is 0 Å². The van der Waals surface area contributed by atoms with Gasteiger partial charge in [-0.3, -0.25) is 0 Å². The lowest BCUT2D eigenvalue weighted by molar-refractivity contribution is 0.0702. The zero-order valence-corrected chi connectivity index (χ0v) is 12.3. The lowest BCUT2D eigenvalue weighted by Crippen LogP contribution is -2.15. The van der Waals surface area contributed by atoms with Gasteiger partial charge in [-0.2, -0.15) is 0 Å². The first-order chi connectivity index (χ1) is 10.1. The van der Waals surface area contributed by atoms with Crippen molar-refractivity contribution in [3.05, 3.63) is 39.6 Å². The lowest BCUT2D eigenvalue weighted by atomic mass is 10.2. The number of hydrogen-bond acceptors (Lipinski definition) is 5. The van der Waals surface area contributed by atoms with E-state index in [1.165, 1.54) is 11.3 Å². The van der Waals surface area contributed by atoms with Crippen LogP contribution in [0.2, 0.25) is 0 Å². The average molecular weight is 305 g/mol. The molecule has 1 aromatic heterocycles. The van der Waals surface area contributed by atoms with Crippen LogP contribution in [0, 0.1) is 6.92 Å². The molecule has 21 heavy (non-hydrogen) atoms. The molecule has 0 unspecified atom stereocenters. The van der Waals surface area contributed by atoms with Crippen molar-refractivity contribution < 1.29 is 19.4 Å². The summed E-state index contributed by atoms with van der Waals surface area (Å²) in [4.78, 5) is 12.3. The highest BCUT2D eigenvalue weighted by atomic mass is 32.1. The van der Waals surface area contributed by atoms with E-state index in [9.17, 15) is 4.79 Å². The van der Waals surface area contributed by atoms with Crippen LogP contribution in [0.1, 0.15) is 20.1 Å². The van der Waals surface area contributed by atoms with E-state index in [2.05, 4.69) is 5.32 Å². The number of carbonyl (C=O) groups is 1. The van der Waals surface area contributed by atoms with Gasteiger partial charge in [0.05, 0.1) is 0 Å². The highest BCUT2D eigenvalue weighted by Crippen LogP contribution is 2.33. The number of ether oxygens (including phenoxy) is 2. The van der Waals surface area contributed by atoms with Gasteiger partial charge in [-0.25, -0.2) is 4.79 Å². The first kappa shape index (κ1) is 13.8. The van der Waals surface area contributed by atoms with Gasteiger partial charge in [0.15, 0.2) is 11.5 Å². The minimum absolute atomic E-state index is 0.367. The van der Waals surface area contributed by atoms with Crippen LogP contribution in [0.4, 0.5) is 5.69 Å². The molecule has 3 rings (SSSR count). The summed E-state index contributed by atoms with van der Waals surface area (Å²) in [5.41, 5.74) is 1.91. The number of fused-ring (bicyclic) bond motifs is 1. The molecule has 0 amide bonds. The fourth-order valence-corrected chi connectivity index (χ4v) is 3.03. The van der Waals surface area contributed by atoms with Gasteiger partial charge in [-0.1, -0.05) is 0 Å². The Morgan fingerprint density at radius 2 is 2.05 bits per heavy atom. The molecule has 1 aromatic carbocycles. The Hall–Kier alpha value is -2.21. The van der Waals surface area contributed by atoms with Gasteiger partial charge in [-0.15, -0.1) is 11.3 Å². The van der Waals surface area contributed by atoms with Gasteiger partial charge in [0.1, 0.15) is 18.1 Å². The van der Waals surface area contributed by atoms with Gasteiger partial charge >= 0.3 is 5.97 Å². The normalized spacial score (nSPS) is 13.0. The largest absolute Gasteiger partial charge is 0.486 e. The summed E-state index contributed by atoms with van der Waals surface area (Å²) >= 11 is 1.30. The maximum atomic E-state index is 11.0.